The number of anilines is 1. The second-order valence-electron chi connectivity index (χ2n) is 5.34. The monoisotopic (exact) mass is 277 g/mol. The van der Waals surface area contributed by atoms with Gasteiger partial charge in [0.1, 0.15) is 0 Å². The first kappa shape index (κ1) is 16.5. The summed E-state index contributed by atoms with van der Waals surface area (Å²) in [6.07, 6.45) is 3.16. The zero-order valence-corrected chi connectivity index (χ0v) is 12.9. The zero-order chi connectivity index (χ0) is 15.0. The molecule has 1 rings (SSSR count). The first-order valence-electron chi connectivity index (χ1n) is 7.39. The van der Waals surface area contributed by atoms with Crippen LogP contribution in [0.1, 0.15) is 43.5 Å². The predicted molar refractivity (Wildman–Crippen MR) is 85.2 cm³/mol. The van der Waals surface area contributed by atoms with Crippen LogP contribution in [0.5, 0.6) is 0 Å². The maximum atomic E-state index is 11.9. The maximum absolute atomic E-state index is 11.9. The average molecular weight is 277 g/mol. The summed E-state index contributed by atoms with van der Waals surface area (Å²) < 4.78 is 0. The van der Waals surface area contributed by atoms with Crippen molar-refractivity contribution >= 4 is 11.6 Å². The van der Waals surface area contributed by atoms with E-state index in [1.165, 1.54) is 12.8 Å². The van der Waals surface area contributed by atoms with Crippen molar-refractivity contribution in [2.45, 2.75) is 39.2 Å². The number of nitrogens with zero attached hydrogens (tertiary/aromatic N) is 1. The Morgan fingerprint density at radius 3 is 2.55 bits per heavy atom. The molecule has 1 unspecified atom stereocenters. The van der Waals surface area contributed by atoms with E-state index in [2.05, 4.69) is 24.2 Å². The summed E-state index contributed by atoms with van der Waals surface area (Å²) in [7, 11) is 2.08. The van der Waals surface area contributed by atoms with Crippen molar-refractivity contribution in [3.8, 4) is 0 Å². The van der Waals surface area contributed by atoms with Gasteiger partial charge >= 0.3 is 0 Å². The van der Waals surface area contributed by atoms with Gasteiger partial charge in [-0.1, -0.05) is 13.3 Å². The maximum Gasteiger partial charge on any atom is 0.251 e. The molecule has 0 radical (unpaired) electrons. The Morgan fingerprint density at radius 1 is 1.35 bits per heavy atom. The highest BCUT2D eigenvalue weighted by Crippen LogP contribution is 2.14. The summed E-state index contributed by atoms with van der Waals surface area (Å²) in [5.41, 5.74) is 7.49. The van der Waals surface area contributed by atoms with Crippen molar-refractivity contribution < 1.29 is 4.79 Å². The second-order valence-corrected chi connectivity index (χ2v) is 5.34. The standard InChI is InChI=1S/C16H27N3O/c1-4-5-12-19(3)15-8-6-14(7-9-15)16(20)18-11-10-13(2)17/h6-9,13H,4-5,10-12,17H2,1-3H3,(H,18,20). The molecule has 112 valence electrons. The van der Waals surface area contributed by atoms with Crippen LogP contribution in [0.15, 0.2) is 24.3 Å². The third kappa shape index (κ3) is 5.61. The lowest BCUT2D eigenvalue weighted by Crippen LogP contribution is -2.29. The fourth-order valence-electron chi connectivity index (χ4n) is 1.91. The molecule has 4 nitrogen and oxygen atoms in total. The van der Waals surface area contributed by atoms with E-state index in [0.717, 1.165) is 18.7 Å². The summed E-state index contributed by atoms with van der Waals surface area (Å²) in [4.78, 5) is 14.1. The van der Waals surface area contributed by atoms with E-state index >= 15 is 0 Å². The summed E-state index contributed by atoms with van der Waals surface area (Å²) in [5, 5.41) is 2.88. The van der Waals surface area contributed by atoms with Crippen LogP contribution < -0.4 is 16.0 Å². The van der Waals surface area contributed by atoms with E-state index in [4.69, 9.17) is 5.73 Å². The molecule has 0 bridgehead atoms. The third-order valence-electron chi connectivity index (χ3n) is 3.30. The molecule has 1 amide bonds. The minimum Gasteiger partial charge on any atom is -0.375 e. The minimum absolute atomic E-state index is 0.0339. The Hall–Kier alpha value is -1.55. The fourth-order valence-corrected chi connectivity index (χ4v) is 1.91. The van der Waals surface area contributed by atoms with Crippen molar-refractivity contribution in [1.29, 1.82) is 0 Å². The van der Waals surface area contributed by atoms with Gasteiger partial charge in [0.15, 0.2) is 0 Å². The lowest BCUT2D eigenvalue weighted by Gasteiger charge is -2.19. The van der Waals surface area contributed by atoms with Crippen molar-refractivity contribution in [2.75, 3.05) is 25.0 Å². The molecule has 0 fully saturated rings. The second kappa shape index (κ2) is 8.59. The Morgan fingerprint density at radius 2 is 2.00 bits per heavy atom. The highest BCUT2D eigenvalue weighted by Gasteiger charge is 2.06. The van der Waals surface area contributed by atoms with E-state index in [9.17, 15) is 4.79 Å². The van der Waals surface area contributed by atoms with Gasteiger partial charge in [0, 0.05) is 37.4 Å². The first-order valence-corrected chi connectivity index (χ1v) is 7.39. The van der Waals surface area contributed by atoms with Gasteiger partial charge in [-0.3, -0.25) is 4.79 Å². The van der Waals surface area contributed by atoms with E-state index < -0.39 is 0 Å². The third-order valence-corrected chi connectivity index (χ3v) is 3.30. The molecule has 0 aromatic heterocycles. The molecule has 4 heteroatoms. The molecule has 1 aromatic carbocycles. The van der Waals surface area contributed by atoms with Gasteiger partial charge in [-0.2, -0.15) is 0 Å². The van der Waals surface area contributed by atoms with Gasteiger partial charge in [0.25, 0.3) is 5.91 Å². The van der Waals surface area contributed by atoms with E-state index in [0.29, 0.717) is 12.1 Å². The van der Waals surface area contributed by atoms with Gasteiger partial charge in [-0.15, -0.1) is 0 Å². The molecular formula is C16H27N3O. The highest BCUT2D eigenvalue weighted by molar-refractivity contribution is 5.94. The minimum atomic E-state index is -0.0339. The molecule has 0 saturated heterocycles. The molecule has 20 heavy (non-hydrogen) atoms. The molecule has 0 aliphatic heterocycles. The number of carbonyl (C=O) groups is 1. The Kier molecular flexibility index (Phi) is 7.09. The normalized spacial score (nSPS) is 12.0. The van der Waals surface area contributed by atoms with E-state index in [1.807, 2.05) is 31.2 Å². The lowest BCUT2D eigenvalue weighted by atomic mass is 10.1. The van der Waals surface area contributed by atoms with E-state index in [1.54, 1.807) is 0 Å². The van der Waals surface area contributed by atoms with Crippen LogP contribution >= 0.6 is 0 Å². The summed E-state index contributed by atoms with van der Waals surface area (Å²) in [6, 6.07) is 7.86. The average Bonchev–Trinajstić information content (AvgIpc) is 2.44. The van der Waals surface area contributed by atoms with Gasteiger partial charge < -0.3 is 16.0 Å². The van der Waals surface area contributed by atoms with Crippen LogP contribution in [0.2, 0.25) is 0 Å². The number of hydrogen-bond donors (Lipinski definition) is 2. The summed E-state index contributed by atoms with van der Waals surface area (Å²) >= 11 is 0. The number of hydrogen-bond acceptors (Lipinski definition) is 3. The van der Waals surface area contributed by atoms with Crippen LogP contribution in [-0.2, 0) is 0 Å². The number of unbranched alkanes of at least 4 members (excludes halogenated alkanes) is 1. The van der Waals surface area contributed by atoms with E-state index in [-0.39, 0.29) is 11.9 Å². The lowest BCUT2D eigenvalue weighted by molar-refractivity contribution is 0.0953. The number of nitrogens with two attached hydrogens (primary N) is 1. The molecule has 1 aromatic rings. The van der Waals surface area contributed by atoms with Crippen LogP contribution in [0.3, 0.4) is 0 Å². The van der Waals surface area contributed by atoms with Crippen molar-refractivity contribution in [3.63, 3.8) is 0 Å². The topological polar surface area (TPSA) is 58.4 Å². The Bertz CT molecular complexity index is 401. The quantitative estimate of drug-likeness (QED) is 0.767. The number of amides is 1. The molecule has 3 N–H and O–H groups in total. The SMILES string of the molecule is CCCCN(C)c1ccc(C(=O)NCCC(C)N)cc1. The Labute approximate surface area is 122 Å². The largest absolute Gasteiger partial charge is 0.375 e. The van der Waals surface area contributed by atoms with Crippen LogP contribution in [0, 0.1) is 0 Å². The fraction of sp³-hybridized carbons (Fsp3) is 0.562. The summed E-state index contributed by atoms with van der Waals surface area (Å²) in [5.74, 6) is -0.0339. The molecule has 0 spiro atoms. The van der Waals surface area contributed by atoms with Gasteiger partial charge in [0.2, 0.25) is 0 Å². The number of carbonyl (C=O) groups excluding carboxylic acids is 1. The van der Waals surface area contributed by atoms with Gasteiger partial charge in [-0.25, -0.2) is 0 Å². The number of nitrogens with one attached hydrogen (secondary N) is 1. The summed E-state index contributed by atoms with van der Waals surface area (Å²) in [6.45, 7) is 5.78. The molecule has 0 aliphatic rings. The highest BCUT2D eigenvalue weighted by atomic mass is 16.1. The van der Waals surface area contributed by atoms with Crippen molar-refractivity contribution in [3.05, 3.63) is 29.8 Å². The molecular weight excluding hydrogens is 250 g/mol. The molecule has 0 heterocycles. The van der Waals surface area contributed by atoms with Crippen LogP contribution in [-0.4, -0.2) is 32.1 Å². The van der Waals surface area contributed by atoms with Crippen LogP contribution in [0.4, 0.5) is 5.69 Å². The van der Waals surface area contributed by atoms with Crippen molar-refractivity contribution in [1.82, 2.24) is 5.32 Å². The molecule has 0 aliphatic carbocycles. The first-order chi connectivity index (χ1) is 9.54. The Balaban J connectivity index is 2.50. The van der Waals surface area contributed by atoms with Gasteiger partial charge in [-0.05, 0) is 44.0 Å². The molecule has 0 saturated carbocycles. The smallest absolute Gasteiger partial charge is 0.251 e. The zero-order valence-electron chi connectivity index (χ0n) is 12.9. The van der Waals surface area contributed by atoms with Gasteiger partial charge in [0.05, 0.1) is 0 Å². The van der Waals surface area contributed by atoms with Crippen LogP contribution in [0.25, 0.3) is 0 Å². The number of rotatable bonds is 8. The molecule has 1 atom stereocenters. The van der Waals surface area contributed by atoms with Crippen molar-refractivity contribution in [2.24, 2.45) is 5.73 Å². The predicted octanol–water partition coefficient (Wildman–Crippen LogP) is 2.39. The number of benzene rings is 1.